The molecule has 4 rings (SSSR count). The third kappa shape index (κ3) is 5.04. The summed E-state index contributed by atoms with van der Waals surface area (Å²) in [6.45, 7) is 3.36. The van der Waals surface area contributed by atoms with Crippen LogP contribution in [0.4, 0.5) is 17.3 Å². The highest BCUT2D eigenvalue weighted by molar-refractivity contribution is 7.99. The first kappa shape index (κ1) is 19.2. The Morgan fingerprint density at radius 2 is 1.76 bits per heavy atom. The number of rotatable bonds is 6. The molecule has 0 unspecified atom stereocenters. The monoisotopic (exact) mass is 407 g/mol. The van der Waals surface area contributed by atoms with E-state index >= 15 is 0 Å². The van der Waals surface area contributed by atoms with Gasteiger partial charge in [0.1, 0.15) is 5.03 Å². The van der Waals surface area contributed by atoms with Gasteiger partial charge in [0.05, 0.1) is 13.2 Å². The van der Waals surface area contributed by atoms with E-state index < -0.39 is 5.91 Å². The maximum absolute atomic E-state index is 11.2. The second-order valence-electron chi connectivity index (χ2n) is 6.48. The topological polar surface area (TPSA) is 93.4 Å². The number of hydrogen-bond acceptors (Lipinski definition) is 7. The molecule has 1 saturated heterocycles. The van der Waals surface area contributed by atoms with Crippen molar-refractivity contribution in [2.45, 2.75) is 9.92 Å². The maximum atomic E-state index is 11.2. The average molecular weight is 407 g/mol. The summed E-state index contributed by atoms with van der Waals surface area (Å²) >= 11 is 1.49. The molecule has 29 heavy (non-hydrogen) atoms. The Hall–Kier alpha value is -3.10. The molecule has 2 heterocycles. The lowest BCUT2D eigenvalue weighted by Gasteiger charge is -2.28. The van der Waals surface area contributed by atoms with E-state index in [0.29, 0.717) is 11.5 Å². The van der Waals surface area contributed by atoms with Crippen molar-refractivity contribution in [3.05, 3.63) is 66.4 Å². The van der Waals surface area contributed by atoms with Gasteiger partial charge in [0.2, 0.25) is 11.9 Å². The summed E-state index contributed by atoms with van der Waals surface area (Å²) in [5.74, 6) is 0.0950. The summed E-state index contributed by atoms with van der Waals surface area (Å²) < 4.78 is 5.40. The molecular formula is C21H21N5O2S. The van der Waals surface area contributed by atoms with Gasteiger partial charge in [-0.3, -0.25) is 4.79 Å². The normalized spacial score (nSPS) is 13.9. The lowest BCUT2D eigenvalue weighted by molar-refractivity contribution is 0.1000. The van der Waals surface area contributed by atoms with Crippen molar-refractivity contribution in [1.82, 2.24) is 9.97 Å². The van der Waals surface area contributed by atoms with Gasteiger partial charge in [0.15, 0.2) is 0 Å². The average Bonchev–Trinajstić information content (AvgIpc) is 2.76. The number of nitrogens with two attached hydrogens (primary N) is 1. The zero-order valence-corrected chi connectivity index (χ0v) is 16.6. The predicted molar refractivity (Wildman–Crippen MR) is 114 cm³/mol. The number of anilines is 3. The Kier molecular flexibility index (Phi) is 5.92. The quantitative estimate of drug-likeness (QED) is 0.606. The molecule has 148 valence electrons. The summed E-state index contributed by atoms with van der Waals surface area (Å²) in [5.41, 5.74) is 7.87. The van der Waals surface area contributed by atoms with Gasteiger partial charge in [-0.25, -0.2) is 9.97 Å². The van der Waals surface area contributed by atoms with Crippen LogP contribution in [0, 0.1) is 0 Å². The number of morpholine rings is 1. The van der Waals surface area contributed by atoms with Crippen LogP contribution in [-0.4, -0.2) is 42.2 Å². The predicted octanol–water partition coefficient (Wildman–Crippen LogP) is 3.31. The second-order valence-corrected chi connectivity index (χ2v) is 7.57. The highest BCUT2D eigenvalue weighted by Gasteiger charge is 2.11. The SMILES string of the molecule is NC(=O)c1ccc(Sc2ccnc(Nc3ccc(N4CCOCC4)cc3)n2)cc1. The van der Waals surface area contributed by atoms with Gasteiger partial charge in [-0.1, -0.05) is 11.8 Å². The van der Waals surface area contributed by atoms with Crippen molar-refractivity contribution in [3.63, 3.8) is 0 Å². The fourth-order valence-corrected chi connectivity index (χ4v) is 3.75. The molecule has 2 aromatic carbocycles. The van der Waals surface area contributed by atoms with Gasteiger partial charge >= 0.3 is 0 Å². The highest BCUT2D eigenvalue weighted by Crippen LogP contribution is 2.27. The van der Waals surface area contributed by atoms with Crippen molar-refractivity contribution >= 4 is 35.0 Å². The lowest BCUT2D eigenvalue weighted by Crippen LogP contribution is -2.36. The Morgan fingerprint density at radius 1 is 1.03 bits per heavy atom. The van der Waals surface area contributed by atoms with E-state index in [1.807, 2.05) is 30.3 Å². The fraction of sp³-hybridized carbons (Fsp3) is 0.190. The third-order valence-electron chi connectivity index (χ3n) is 4.49. The number of nitrogens with one attached hydrogen (secondary N) is 1. The van der Waals surface area contributed by atoms with E-state index in [1.165, 1.54) is 17.4 Å². The van der Waals surface area contributed by atoms with Crippen molar-refractivity contribution in [2.75, 3.05) is 36.5 Å². The first-order valence-electron chi connectivity index (χ1n) is 9.28. The van der Waals surface area contributed by atoms with Crippen LogP contribution in [0.15, 0.2) is 70.7 Å². The molecule has 1 aliphatic heterocycles. The van der Waals surface area contributed by atoms with Crippen LogP contribution in [0.25, 0.3) is 0 Å². The number of nitrogens with zero attached hydrogens (tertiary/aromatic N) is 3. The minimum Gasteiger partial charge on any atom is -0.378 e. The number of carbonyl (C=O) groups is 1. The Morgan fingerprint density at radius 3 is 2.45 bits per heavy atom. The summed E-state index contributed by atoms with van der Waals surface area (Å²) in [7, 11) is 0. The molecule has 0 saturated carbocycles. The molecule has 3 N–H and O–H groups in total. The van der Waals surface area contributed by atoms with Gasteiger partial charge in [-0.15, -0.1) is 0 Å². The molecule has 3 aromatic rings. The van der Waals surface area contributed by atoms with Crippen molar-refractivity contribution in [3.8, 4) is 0 Å². The number of amides is 1. The number of ether oxygens (including phenoxy) is 1. The highest BCUT2D eigenvalue weighted by atomic mass is 32.2. The molecule has 0 radical (unpaired) electrons. The minimum atomic E-state index is -0.435. The van der Waals surface area contributed by atoms with E-state index in [0.717, 1.165) is 41.9 Å². The molecule has 8 heteroatoms. The number of primary amides is 1. The number of benzene rings is 2. The number of hydrogen-bond donors (Lipinski definition) is 2. The smallest absolute Gasteiger partial charge is 0.248 e. The minimum absolute atomic E-state index is 0.435. The summed E-state index contributed by atoms with van der Waals surface area (Å²) in [5, 5.41) is 4.05. The fourth-order valence-electron chi connectivity index (χ4n) is 2.97. The largest absolute Gasteiger partial charge is 0.378 e. The number of aromatic nitrogens is 2. The van der Waals surface area contributed by atoms with E-state index in [4.69, 9.17) is 10.5 Å². The standard InChI is InChI=1S/C21H21N5O2S/c22-20(27)15-1-7-18(8-2-15)29-19-9-10-23-21(25-19)24-16-3-5-17(6-4-16)26-11-13-28-14-12-26/h1-10H,11-14H2,(H2,22,27)(H,23,24,25). The van der Waals surface area contributed by atoms with Crippen LogP contribution in [0.1, 0.15) is 10.4 Å². The maximum Gasteiger partial charge on any atom is 0.248 e. The first-order chi connectivity index (χ1) is 14.2. The first-order valence-corrected chi connectivity index (χ1v) is 10.1. The van der Waals surface area contributed by atoms with Crippen molar-refractivity contribution in [2.24, 2.45) is 5.73 Å². The van der Waals surface area contributed by atoms with Gasteiger partial charge < -0.3 is 20.7 Å². The van der Waals surface area contributed by atoms with Crippen LogP contribution >= 0.6 is 11.8 Å². The summed E-state index contributed by atoms with van der Waals surface area (Å²) in [4.78, 5) is 23.3. The molecule has 0 atom stereocenters. The van der Waals surface area contributed by atoms with Crippen LogP contribution in [-0.2, 0) is 4.74 Å². The Bertz CT molecular complexity index is 973. The van der Waals surface area contributed by atoms with Gasteiger partial charge in [0.25, 0.3) is 0 Å². The Labute approximate surface area is 173 Å². The van der Waals surface area contributed by atoms with Gasteiger partial charge in [-0.05, 0) is 54.6 Å². The van der Waals surface area contributed by atoms with Crippen molar-refractivity contribution < 1.29 is 9.53 Å². The van der Waals surface area contributed by atoms with Crippen molar-refractivity contribution in [1.29, 1.82) is 0 Å². The van der Waals surface area contributed by atoms with Crippen LogP contribution in [0.2, 0.25) is 0 Å². The van der Waals surface area contributed by atoms with E-state index in [9.17, 15) is 4.79 Å². The lowest BCUT2D eigenvalue weighted by atomic mass is 10.2. The third-order valence-corrected chi connectivity index (χ3v) is 5.44. The second kappa shape index (κ2) is 8.93. The summed E-state index contributed by atoms with van der Waals surface area (Å²) in [6.07, 6.45) is 1.72. The molecule has 0 bridgehead atoms. The number of carbonyl (C=O) groups excluding carboxylic acids is 1. The van der Waals surface area contributed by atoms with E-state index in [2.05, 4.69) is 32.3 Å². The zero-order valence-electron chi connectivity index (χ0n) is 15.7. The molecule has 1 amide bonds. The summed E-state index contributed by atoms with van der Waals surface area (Å²) in [6, 6.07) is 17.2. The molecule has 7 nitrogen and oxygen atoms in total. The molecule has 1 fully saturated rings. The van der Waals surface area contributed by atoms with Gasteiger partial charge in [0, 0.05) is 41.1 Å². The van der Waals surface area contributed by atoms with Gasteiger partial charge in [-0.2, -0.15) is 0 Å². The molecule has 1 aliphatic rings. The molecule has 1 aromatic heterocycles. The molecular weight excluding hydrogens is 386 g/mol. The van der Waals surface area contributed by atoms with Crippen LogP contribution in [0.3, 0.4) is 0 Å². The van der Waals surface area contributed by atoms with E-state index in [1.54, 1.807) is 18.3 Å². The molecule has 0 aliphatic carbocycles. The van der Waals surface area contributed by atoms with E-state index in [-0.39, 0.29) is 0 Å². The van der Waals surface area contributed by atoms with Crippen LogP contribution in [0.5, 0.6) is 0 Å². The Balaban J connectivity index is 1.41. The van der Waals surface area contributed by atoms with Crippen LogP contribution < -0.4 is 16.0 Å². The zero-order chi connectivity index (χ0) is 20.1. The molecule has 0 spiro atoms.